The highest BCUT2D eigenvalue weighted by Crippen LogP contribution is 2.34. The third-order valence-corrected chi connectivity index (χ3v) is 7.20. The molecule has 6 heteroatoms. The van der Waals surface area contributed by atoms with Gasteiger partial charge in [-0.15, -0.1) is 0 Å². The number of ketones is 1. The Balaban J connectivity index is 1.32. The van der Waals surface area contributed by atoms with Gasteiger partial charge in [0.15, 0.2) is 0 Å². The maximum Gasteiger partial charge on any atom is 0.227 e. The number of benzene rings is 1. The predicted octanol–water partition coefficient (Wildman–Crippen LogP) is 5.33. The summed E-state index contributed by atoms with van der Waals surface area (Å²) in [5.74, 6) is 4.71. The van der Waals surface area contributed by atoms with Crippen LogP contribution < -0.4 is 0 Å². The van der Waals surface area contributed by atoms with Gasteiger partial charge < -0.3 is 4.52 Å². The molecule has 1 aromatic carbocycles. The van der Waals surface area contributed by atoms with Crippen molar-refractivity contribution >= 4 is 17.5 Å². The Labute approximate surface area is 169 Å². The van der Waals surface area contributed by atoms with E-state index in [2.05, 4.69) is 10.1 Å². The van der Waals surface area contributed by atoms with Crippen molar-refractivity contribution in [2.75, 3.05) is 11.5 Å². The highest BCUT2D eigenvalue weighted by molar-refractivity contribution is 7.99. The van der Waals surface area contributed by atoms with Crippen LogP contribution in [0.3, 0.4) is 0 Å². The zero-order valence-electron chi connectivity index (χ0n) is 16.1. The van der Waals surface area contributed by atoms with Crippen molar-refractivity contribution in [3.05, 3.63) is 36.0 Å². The van der Waals surface area contributed by atoms with E-state index in [1.807, 2.05) is 11.8 Å². The average Bonchev–Trinajstić information content (AvgIpc) is 3.06. The molecule has 2 aromatic rings. The summed E-state index contributed by atoms with van der Waals surface area (Å²) in [4.78, 5) is 17.4. The molecule has 150 valence electrons. The van der Waals surface area contributed by atoms with Gasteiger partial charge in [0, 0.05) is 23.8 Å². The molecular weight excluding hydrogens is 375 g/mol. The lowest BCUT2D eigenvalue weighted by Gasteiger charge is -2.24. The molecule has 2 atom stereocenters. The van der Waals surface area contributed by atoms with Crippen LogP contribution in [0.5, 0.6) is 0 Å². The molecule has 2 aliphatic rings. The minimum absolute atomic E-state index is 0.246. The molecule has 1 saturated heterocycles. The molecule has 1 aliphatic carbocycles. The van der Waals surface area contributed by atoms with Crippen molar-refractivity contribution in [1.82, 2.24) is 10.1 Å². The summed E-state index contributed by atoms with van der Waals surface area (Å²) in [6.45, 7) is 0. The van der Waals surface area contributed by atoms with E-state index in [1.54, 1.807) is 12.1 Å². The van der Waals surface area contributed by atoms with E-state index in [9.17, 15) is 9.18 Å². The molecule has 2 unspecified atom stereocenters. The minimum atomic E-state index is -0.276. The largest absolute Gasteiger partial charge is 0.339 e. The van der Waals surface area contributed by atoms with E-state index in [1.165, 1.54) is 12.1 Å². The average molecular weight is 403 g/mol. The number of thioether (sulfide) groups is 1. The maximum atomic E-state index is 13.1. The van der Waals surface area contributed by atoms with Crippen LogP contribution in [0, 0.1) is 23.6 Å². The van der Waals surface area contributed by atoms with Crippen LogP contribution in [-0.4, -0.2) is 27.4 Å². The van der Waals surface area contributed by atoms with Crippen molar-refractivity contribution < 1.29 is 13.7 Å². The van der Waals surface area contributed by atoms with Gasteiger partial charge in [-0.2, -0.15) is 16.7 Å². The summed E-state index contributed by atoms with van der Waals surface area (Å²) in [7, 11) is 0. The molecule has 0 spiro atoms. The van der Waals surface area contributed by atoms with Crippen molar-refractivity contribution in [1.29, 1.82) is 0 Å². The number of carbonyl (C=O) groups is 1. The minimum Gasteiger partial charge on any atom is -0.339 e. The number of Topliss-reactive ketones (excluding diaryl/α,β-unsaturated/α-hetero) is 1. The van der Waals surface area contributed by atoms with E-state index in [4.69, 9.17) is 4.52 Å². The van der Waals surface area contributed by atoms with Crippen LogP contribution in [0.4, 0.5) is 4.39 Å². The zero-order chi connectivity index (χ0) is 19.3. The topological polar surface area (TPSA) is 56.0 Å². The summed E-state index contributed by atoms with van der Waals surface area (Å²) in [5, 5.41) is 4.04. The molecule has 1 aromatic heterocycles. The number of halogens is 1. The monoisotopic (exact) mass is 402 g/mol. The van der Waals surface area contributed by atoms with Gasteiger partial charge in [-0.3, -0.25) is 4.79 Å². The lowest BCUT2D eigenvalue weighted by molar-refractivity contribution is -0.127. The molecule has 4 nitrogen and oxygen atoms in total. The zero-order valence-corrected chi connectivity index (χ0v) is 16.9. The van der Waals surface area contributed by atoms with Crippen LogP contribution in [0.2, 0.25) is 0 Å². The molecule has 28 heavy (non-hydrogen) atoms. The first-order valence-electron chi connectivity index (χ1n) is 10.4. The molecule has 0 amide bonds. The Bertz CT molecular complexity index is 786. The van der Waals surface area contributed by atoms with Crippen molar-refractivity contribution in [3.8, 4) is 11.4 Å². The van der Waals surface area contributed by atoms with Gasteiger partial charge in [0.25, 0.3) is 0 Å². The van der Waals surface area contributed by atoms with Crippen molar-refractivity contribution in [2.24, 2.45) is 17.8 Å². The van der Waals surface area contributed by atoms with Gasteiger partial charge in [0.2, 0.25) is 11.7 Å². The number of hydrogen-bond acceptors (Lipinski definition) is 5. The lowest BCUT2D eigenvalue weighted by Crippen LogP contribution is -2.26. The smallest absolute Gasteiger partial charge is 0.227 e. The first kappa shape index (κ1) is 19.6. The first-order chi connectivity index (χ1) is 13.7. The quantitative estimate of drug-likeness (QED) is 0.633. The van der Waals surface area contributed by atoms with Gasteiger partial charge >= 0.3 is 0 Å². The van der Waals surface area contributed by atoms with Gasteiger partial charge in [-0.05, 0) is 80.2 Å². The highest BCUT2D eigenvalue weighted by Gasteiger charge is 2.30. The SMILES string of the molecule is O=C(C1CCSCC1)C1CCCC(Cc2nc(-c3ccc(F)cc3)no2)CC1. The maximum absolute atomic E-state index is 13.1. The Hall–Kier alpha value is -1.69. The summed E-state index contributed by atoms with van der Waals surface area (Å²) in [5.41, 5.74) is 0.758. The molecule has 2 fully saturated rings. The van der Waals surface area contributed by atoms with Crippen LogP contribution in [0.1, 0.15) is 50.8 Å². The molecule has 0 radical (unpaired) electrons. The molecule has 1 saturated carbocycles. The van der Waals surface area contributed by atoms with Crippen LogP contribution >= 0.6 is 11.8 Å². The first-order valence-corrected chi connectivity index (χ1v) is 11.5. The number of rotatable bonds is 5. The van der Waals surface area contributed by atoms with E-state index in [0.717, 1.165) is 68.4 Å². The second-order valence-corrected chi connectivity index (χ2v) is 9.31. The second-order valence-electron chi connectivity index (χ2n) is 8.08. The lowest BCUT2D eigenvalue weighted by atomic mass is 9.84. The van der Waals surface area contributed by atoms with Crippen LogP contribution in [0.15, 0.2) is 28.8 Å². The summed E-state index contributed by atoms with van der Waals surface area (Å²) in [6, 6.07) is 6.13. The van der Waals surface area contributed by atoms with E-state index in [-0.39, 0.29) is 11.7 Å². The molecule has 4 rings (SSSR count). The highest BCUT2D eigenvalue weighted by atomic mass is 32.2. The van der Waals surface area contributed by atoms with Gasteiger partial charge in [-0.1, -0.05) is 11.6 Å². The van der Waals surface area contributed by atoms with Crippen molar-refractivity contribution in [3.63, 3.8) is 0 Å². The number of nitrogens with zero attached hydrogens (tertiary/aromatic N) is 2. The molecule has 0 bridgehead atoms. The Morgan fingerprint density at radius 1 is 1.04 bits per heavy atom. The molecule has 1 aliphatic heterocycles. The molecular formula is C22H27FN2O2S. The fraction of sp³-hybridized carbons (Fsp3) is 0.591. The fourth-order valence-electron chi connectivity index (χ4n) is 4.48. The summed E-state index contributed by atoms with van der Waals surface area (Å²) in [6.07, 6.45) is 8.17. The van der Waals surface area contributed by atoms with E-state index < -0.39 is 0 Å². The third kappa shape index (κ3) is 4.83. The Morgan fingerprint density at radius 3 is 2.57 bits per heavy atom. The van der Waals surface area contributed by atoms with Gasteiger partial charge in [-0.25, -0.2) is 4.39 Å². The second kappa shape index (κ2) is 9.21. The van der Waals surface area contributed by atoms with Gasteiger partial charge in [0.1, 0.15) is 11.6 Å². The standard InChI is InChI=1S/C22H27FN2O2S/c23-19-8-6-18(7-9-19)22-24-20(27-25-22)14-15-2-1-3-16(5-4-15)21(26)17-10-12-28-13-11-17/h6-9,15-17H,1-5,10-14H2. The summed E-state index contributed by atoms with van der Waals surface area (Å²) < 4.78 is 18.5. The van der Waals surface area contributed by atoms with E-state index >= 15 is 0 Å². The van der Waals surface area contributed by atoms with Crippen LogP contribution in [-0.2, 0) is 11.2 Å². The molecule has 0 N–H and O–H groups in total. The molecule has 2 heterocycles. The normalized spacial score (nSPS) is 24.0. The number of hydrogen-bond donors (Lipinski definition) is 0. The fourth-order valence-corrected chi connectivity index (χ4v) is 5.59. The summed E-state index contributed by atoms with van der Waals surface area (Å²) >= 11 is 1.98. The Morgan fingerprint density at radius 2 is 1.79 bits per heavy atom. The predicted molar refractivity (Wildman–Crippen MR) is 109 cm³/mol. The number of carbonyl (C=O) groups excluding carboxylic acids is 1. The van der Waals surface area contributed by atoms with Gasteiger partial charge in [0.05, 0.1) is 0 Å². The third-order valence-electron chi connectivity index (χ3n) is 6.15. The van der Waals surface area contributed by atoms with Crippen molar-refractivity contribution in [2.45, 2.75) is 51.4 Å². The Kier molecular flexibility index (Phi) is 6.45. The number of aromatic nitrogens is 2. The van der Waals surface area contributed by atoms with E-state index in [0.29, 0.717) is 29.3 Å². The van der Waals surface area contributed by atoms with Crippen LogP contribution in [0.25, 0.3) is 11.4 Å².